The molecular formula is C71H122O6. The van der Waals surface area contributed by atoms with E-state index in [2.05, 4.69) is 118 Å². The maximum atomic E-state index is 12.8. The molecule has 0 saturated carbocycles. The van der Waals surface area contributed by atoms with Crippen LogP contribution in [0.3, 0.4) is 0 Å². The Hall–Kier alpha value is -3.67. The lowest BCUT2D eigenvalue weighted by atomic mass is 10.0. The van der Waals surface area contributed by atoms with Gasteiger partial charge in [0.05, 0.1) is 0 Å². The molecule has 0 saturated heterocycles. The predicted molar refractivity (Wildman–Crippen MR) is 334 cm³/mol. The predicted octanol–water partition coefficient (Wildman–Crippen LogP) is 22.4. The quantitative estimate of drug-likeness (QED) is 0.0261. The largest absolute Gasteiger partial charge is 0.462 e. The highest BCUT2D eigenvalue weighted by molar-refractivity contribution is 5.71. The third-order valence-corrected chi connectivity index (χ3v) is 14.1. The zero-order chi connectivity index (χ0) is 55.7. The van der Waals surface area contributed by atoms with Gasteiger partial charge in [-0.1, -0.05) is 298 Å². The van der Waals surface area contributed by atoms with Crippen molar-refractivity contribution in [1.29, 1.82) is 0 Å². The van der Waals surface area contributed by atoms with Crippen molar-refractivity contribution in [2.75, 3.05) is 13.2 Å². The lowest BCUT2D eigenvalue weighted by Gasteiger charge is -2.18. The fraction of sp³-hybridized carbons (Fsp3) is 0.732. The molecule has 1 unspecified atom stereocenters. The van der Waals surface area contributed by atoms with Gasteiger partial charge in [-0.05, 0) is 96.3 Å². The first-order valence-corrected chi connectivity index (χ1v) is 32.7. The van der Waals surface area contributed by atoms with Crippen LogP contribution in [0.2, 0.25) is 0 Å². The van der Waals surface area contributed by atoms with Crippen LogP contribution in [-0.4, -0.2) is 37.2 Å². The molecule has 77 heavy (non-hydrogen) atoms. The molecule has 0 aromatic carbocycles. The average molecular weight is 1070 g/mol. The first-order chi connectivity index (χ1) is 38.0. The van der Waals surface area contributed by atoms with E-state index in [1.165, 1.54) is 148 Å². The van der Waals surface area contributed by atoms with Crippen molar-refractivity contribution >= 4 is 17.9 Å². The van der Waals surface area contributed by atoms with Gasteiger partial charge in [0.1, 0.15) is 13.2 Å². The van der Waals surface area contributed by atoms with Crippen molar-refractivity contribution in [2.24, 2.45) is 0 Å². The first-order valence-electron chi connectivity index (χ1n) is 32.7. The standard InChI is InChI=1S/C71H122O6/c1-4-7-10-13-16-19-21-23-25-26-27-28-29-30-31-32-33-34-35-36-37-38-39-40-41-42-43-44-46-47-49-52-55-58-61-64-70(73)76-67-68(66-75-69(72)63-60-57-54-51-18-15-12-9-6-3)77-71(74)65-62-59-56-53-50-48-45-24-22-20-17-14-11-8-5-2/h7-8,10-11,16-17,19-20,23-25,27-28,30-31,45,68H,4-6,9,12-15,18,21-22,26,29,32-44,46-67H2,1-3H3/b10-7-,11-8-,19-16-,20-17-,25-23-,28-27-,31-30-,45-24-. The number of carbonyl (C=O) groups is 3. The molecule has 0 spiro atoms. The minimum atomic E-state index is -0.782. The molecule has 0 fully saturated rings. The van der Waals surface area contributed by atoms with Gasteiger partial charge in [0, 0.05) is 19.3 Å². The summed E-state index contributed by atoms with van der Waals surface area (Å²) in [7, 11) is 0. The van der Waals surface area contributed by atoms with Crippen molar-refractivity contribution in [1.82, 2.24) is 0 Å². The van der Waals surface area contributed by atoms with Crippen LogP contribution in [0.1, 0.15) is 316 Å². The molecule has 0 aromatic rings. The molecule has 0 amide bonds. The van der Waals surface area contributed by atoms with Crippen molar-refractivity contribution < 1.29 is 28.6 Å². The third kappa shape index (κ3) is 63.0. The molecule has 0 aliphatic carbocycles. The number of carbonyl (C=O) groups excluding carboxylic acids is 3. The molecule has 6 heteroatoms. The lowest BCUT2D eigenvalue weighted by Crippen LogP contribution is -2.30. The third-order valence-electron chi connectivity index (χ3n) is 14.1. The molecule has 0 aliphatic rings. The second-order valence-corrected chi connectivity index (χ2v) is 21.6. The van der Waals surface area contributed by atoms with Crippen LogP contribution >= 0.6 is 0 Å². The fourth-order valence-electron chi connectivity index (χ4n) is 9.25. The van der Waals surface area contributed by atoms with Crippen molar-refractivity contribution in [3.63, 3.8) is 0 Å². The minimum absolute atomic E-state index is 0.0799. The number of ether oxygens (including phenoxy) is 3. The van der Waals surface area contributed by atoms with E-state index in [1.807, 2.05) is 0 Å². The van der Waals surface area contributed by atoms with Crippen LogP contribution < -0.4 is 0 Å². The molecule has 0 rings (SSSR count). The molecular weight excluding hydrogens is 949 g/mol. The maximum absolute atomic E-state index is 12.8. The molecule has 442 valence electrons. The number of allylic oxidation sites excluding steroid dienone is 16. The molecule has 6 nitrogen and oxygen atoms in total. The van der Waals surface area contributed by atoms with E-state index in [0.717, 1.165) is 128 Å². The molecule has 1 atom stereocenters. The van der Waals surface area contributed by atoms with E-state index < -0.39 is 6.10 Å². The van der Waals surface area contributed by atoms with Gasteiger partial charge in [-0.25, -0.2) is 0 Å². The van der Waals surface area contributed by atoms with Crippen molar-refractivity contribution in [2.45, 2.75) is 322 Å². The zero-order valence-corrected chi connectivity index (χ0v) is 50.7. The van der Waals surface area contributed by atoms with Crippen LogP contribution in [0.15, 0.2) is 97.2 Å². The minimum Gasteiger partial charge on any atom is -0.462 e. The highest BCUT2D eigenvalue weighted by Crippen LogP contribution is 2.17. The summed E-state index contributed by atoms with van der Waals surface area (Å²) >= 11 is 0. The van der Waals surface area contributed by atoms with Gasteiger partial charge in [0.15, 0.2) is 6.10 Å². The second kappa shape index (κ2) is 64.9. The van der Waals surface area contributed by atoms with Crippen LogP contribution in [0.5, 0.6) is 0 Å². The highest BCUT2D eigenvalue weighted by Gasteiger charge is 2.19. The van der Waals surface area contributed by atoms with Gasteiger partial charge >= 0.3 is 17.9 Å². The summed E-state index contributed by atoms with van der Waals surface area (Å²) in [6.45, 7) is 6.40. The molecule has 0 heterocycles. The summed E-state index contributed by atoms with van der Waals surface area (Å²) in [5.41, 5.74) is 0. The Kier molecular flexibility index (Phi) is 61.8. The van der Waals surface area contributed by atoms with Crippen LogP contribution in [-0.2, 0) is 28.6 Å². The lowest BCUT2D eigenvalue weighted by molar-refractivity contribution is -0.167. The van der Waals surface area contributed by atoms with Gasteiger partial charge in [-0.2, -0.15) is 0 Å². The summed E-state index contributed by atoms with van der Waals surface area (Å²) in [6.07, 6.45) is 87.4. The molecule has 0 bridgehead atoms. The zero-order valence-electron chi connectivity index (χ0n) is 50.7. The van der Waals surface area contributed by atoms with Gasteiger partial charge in [0.25, 0.3) is 0 Å². The van der Waals surface area contributed by atoms with Crippen molar-refractivity contribution in [3.8, 4) is 0 Å². The Morgan fingerprint density at radius 1 is 0.273 bits per heavy atom. The fourth-order valence-corrected chi connectivity index (χ4v) is 9.25. The highest BCUT2D eigenvalue weighted by atomic mass is 16.6. The van der Waals surface area contributed by atoms with Gasteiger partial charge in [-0.3, -0.25) is 14.4 Å². The van der Waals surface area contributed by atoms with E-state index in [9.17, 15) is 14.4 Å². The van der Waals surface area contributed by atoms with E-state index >= 15 is 0 Å². The second-order valence-electron chi connectivity index (χ2n) is 21.6. The summed E-state index contributed by atoms with van der Waals surface area (Å²) in [6, 6.07) is 0. The van der Waals surface area contributed by atoms with Crippen LogP contribution in [0.4, 0.5) is 0 Å². The smallest absolute Gasteiger partial charge is 0.306 e. The average Bonchev–Trinajstić information content (AvgIpc) is 3.43. The van der Waals surface area contributed by atoms with E-state index in [0.29, 0.717) is 19.3 Å². The van der Waals surface area contributed by atoms with Gasteiger partial charge in [-0.15, -0.1) is 0 Å². The number of esters is 3. The van der Waals surface area contributed by atoms with E-state index in [4.69, 9.17) is 14.2 Å². The summed E-state index contributed by atoms with van der Waals surface area (Å²) in [4.78, 5) is 38.1. The van der Waals surface area contributed by atoms with E-state index in [1.54, 1.807) is 0 Å². The molecule has 0 aromatic heterocycles. The summed E-state index contributed by atoms with van der Waals surface area (Å²) < 4.78 is 16.8. The van der Waals surface area contributed by atoms with Crippen LogP contribution in [0.25, 0.3) is 0 Å². The maximum Gasteiger partial charge on any atom is 0.306 e. The number of hydrogen-bond donors (Lipinski definition) is 0. The molecule has 0 N–H and O–H groups in total. The Balaban J connectivity index is 4.04. The Bertz CT molecular complexity index is 1510. The molecule has 0 aliphatic heterocycles. The topological polar surface area (TPSA) is 78.9 Å². The SMILES string of the molecule is CC/C=C\C/C=C\C/C=C\C/C=C\C/C=C\CCCCCCCCCCCCCCCCCCCCCC(=O)OCC(COC(=O)CCCCCCCCCCC)OC(=O)CCCCCCC/C=C\C/C=C\C/C=C\CC. The monoisotopic (exact) mass is 1070 g/mol. The van der Waals surface area contributed by atoms with E-state index in [-0.39, 0.29) is 31.1 Å². The summed E-state index contributed by atoms with van der Waals surface area (Å²) in [5.74, 6) is -0.888. The number of hydrogen-bond acceptors (Lipinski definition) is 6. The first kappa shape index (κ1) is 73.3. The summed E-state index contributed by atoms with van der Waals surface area (Å²) in [5, 5.41) is 0. The normalized spacial score (nSPS) is 12.7. The van der Waals surface area contributed by atoms with Gasteiger partial charge in [0.2, 0.25) is 0 Å². The Morgan fingerprint density at radius 3 is 0.792 bits per heavy atom. The molecule has 0 radical (unpaired) electrons. The number of rotatable bonds is 59. The van der Waals surface area contributed by atoms with Crippen LogP contribution in [0, 0.1) is 0 Å². The number of unbranched alkanes of at least 4 members (excludes halogenated alkanes) is 32. The Labute approximate surface area is 477 Å². The van der Waals surface area contributed by atoms with Gasteiger partial charge < -0.3 is 14.2 Å². The van der Waals surface area contributed by atoms with Crippen molar-refractivity contribution in [3.05, 3.63) is 97.2 Å². The Morgan fingerprint density at radius 2 is 0.506 bits per heavy atom.